The first-order valence-electron chi connectivity index (χ1n) is 7.63. The van der Waals surface area contributed by atoms with Gasteiger partial charge in [0.1, 0.15) is 0 Å². The van der Waals surface area contributed by atoms with Gasteiger partial charge in [-0.3, -0.25) is 9.59 Å². The maximum absolute atomic E-state index is 12.5. The molecule has 0 atom stereocenters. The van der Waals surface area contributed by atoms with Crippen LogP contribution in [0.2, 0.25) is 0 Å². The van der Waals surface area contributed by atoms with Gasteiger partial charge in [-0.15, -0.1) is 0 Å². The molecule has 6 nitrogen and oxygen atoms in total. The Morgan fingerprint density at radius 1 is 0.708 bits per heavy atom. The second-order valence-corrected chi connectivity index (χ2v) is 5.87. The van der Waals surface area contributed by atoms with E-state index >= 15 is 0 Å². The summed E-state index contributed by atoms with van der Waals surface area (Å²) in [7, 11) is 0. The van der Waals surface area contributed by atoms with Crippen molar-refractivity contribution in [2.24, 2.45) is 0 Å². The van der Waals surface area contributed by atoms with Gasteiger partial charge in [-0.1, -0.05) is 0 Å². The van der Waals surface area contributed by atoms with Crippen LogP contribution in [0.5, 0.6) is 0 Å². The van der Waals surface area contributed by atoms with E-state index in [9.17, 15) is 9.59 Å². The Balaban J connectivity index is 1.88. The molecule has 0 amide bonds. The second-order valence-electron chi connectivity index (χ2n) is 5.87. The monoisotopic (exact) mass is 322 g/mol. The average molecular weight is 322 g/mol. The Kier molecular flexibility index (Phi) is 3.89. The SMILES string of the molecule is Cc1cc(C)n(C(=O)c2ccc(C(=O)n3nc(C)cc3C)cc2)n1. The molecule has 3 rings (SSSR count). The number of carbonyl (C=O) groups excluding carboxylic acids is 2. The molecule has 0 N–H and O–H groups in total. The lowest BCUT2D eigenvalue weighted by Gasteiger charge is -2.06. The maximum Gasteiger partial charge on any atom is 0.278 e. The van der Waals surface area contributed by atoms with E-state index in [0.717, 1.165) is 22.8 Å². The Bertz CT molecular complexity index is 855. The van der Waals surface area contributed by atoms with Crippen LogP contribution in [0.25, 0.3) is 0 Å². The highest BCUT2D eigenvalue weighted by atomic mass is 16.2. The normalized spacial score (nSPS) is 10.8. The minimum atomic E-state index is -0.217. The van der Waals surface area contributed by atoms with Crippen LogP contribution in [0.15, 0.2) is 36.4 Å². The molecule has 0 aliphatic rings. The summed E-state index contributed by atoms with van der Waals surface area (Å²) < 4.78 is 2.74. The average Bonchev–Trinajstić information content (AvgIpc) is 3.07. The zero-order chi connectivity index (χ0) is 17.4. The summed E-state index contributed by atoms with van der Waals surface area (Å²) in [4.78, 5) is 25.0. The van der Waals surface area contributed by atoms with Gasteiger partial charge in [0.25, 0.3) is 11.8 Å². The lowest BCUT2D eigenvalue weighted by molar-refractivity contribution is 0.0930. The molecule has 0 saturated carbocycles. The summed E-state index contributed by atoms with van der Waals surface area (Å²) in [6.45, 7) is 7.34. The molecule has 6 heteroatoms. The molecule has 0 radical (unpaired) electrons. The lowest BCUT2D eigenvalue weighted by Crippen LogP contribution is -2.17. The van der Waals surface area contributed by atoms with E-state index < -0.39 is 0 Å². The van der Waals surface area contributed by atoms with Crippen LogP contribution in [0.4, 0.5) is 0 Å². The van der Waals surface area contributed by atoms with Crippen LogP contribution in [0, 0.1) is 27.7 Å². The van der Waals surface area contributed by atoms with Gasteiger partial charge in [0.15, 0.2) is 0 Å². The van der Waals surface area contributed by atoms with E-state index in [0.29, 0.717) is 11.1 Å². The molecule has 2 aromatic heterocycles. The largest absolute Gasteiger partial charge is 0.278 e. The summed E-state index contributed by atoms with van der Waals surface area (Å²) in [5, 5.41) is 8.38. The first-order chi connectivity index (χ1) is 11.4. The van der Waals surface area contributed by atoms with Gasteiger partial charge in [-0.2, -0.15) is 10.2 Å². The molecule has 0 aliphatic carbocycles. The second kappa shape index (κ2) is 5.88. The predicted molar refractivity (Wildman–Crippen MR) is 89.3 cm³/mol. The Morgan fingerprint density at radius 3 is 1.29 bits per heavy atom. The third-order valence-electron chi connectivity index (χ3n) is 3.78. The fourth-order valence-corrected chi connectivity index (χ4v) is 2.67. The van der Waals surface area contributed by atoms with Gasteiger partial charge in [-0.05, 0) is 64.1 Å². The van der Waals surface area contributed by atoms with E-state index in [4.69, 9.17) is 0 Å². The van der Waals surface area contributed by atoms with Crippen molar-refractivity contribution in [2.45, 2.75) is 27.7 Å². The van der Waals surface area contributed by atoms with E-state index in [1.54, 1.807) is 24.3 Å². The summed E-state index contributed by atoms with van der Waals surface area (Å²) in [5.41, 5.74) is 4.09. The Labute approximate surface area is 139 Å². The smallest absolute Gasteiger partial charge is 0.267 e. The van der Waals surface area contributed by atoms with Crippen molar-refractivity contribution in [3.8, 4) is 0 Å². The van der Waals surface area contributed by atoms with E-state index in [-0.39, 0.29) is 11.8 Å². The third kappa shape index (κ3) is 2.78. The number of aryl methyl sites for hydroxylation is 4. The van der Waals surface area contributed by atoms with Crippen LogP contribution >= 0.6 is 0 Å². The maximum atomic E-state index is 12.5. The van der Waals surface area contributed by atoms with Crippen molar-refractivity contribution in [3.63, 3.8) is 0 Å². The molecule has 0 unspecified atom stereocenters. The highest BCUT2D eigenvalue weighted by Gasteiger charge is 2.16. The molecule has 0 aliphatic heterocycles. The molecular weight excluding hydrogens is 304 g/mol. The fourth-order valence-electron chi connectivity index (χ4n) is 2.67. The minimum absolute atomic E-state index is 0.217. The van der Waals surface area contributed by atoms with Crippen molar-refractivity contribution in [1.82, 2.24) is 19.6 Å². The van der Waals surface area contributed by atoms with Gasteiger partial charge >= 0.3 is 0 Å². The number of carbonyl (C=O) groups is 2. The molecule has 122 valence electrons. The van der Waals surface area contributed by atoms with Crippen LogP contribution in [-0.2, 0) is 0 Å². The topological polar surface area (TPSA) is 69.8 Å². The van der Waals surface area contributed by atoms with Gasteiger partial charge in [-0.25, -0.2) is 9.36 Å². The Hall–Kier alpha value is -3.02. The number of aromatic nitrogens is 4. The third-order valence-corrected chi connectivity index (χ3v) is 3.78. The van der Waals surface area contributed by atoms with Gasteiger partial charge in [0.2, 0.25) is 0 Å². The molecule has 1 aromatic carbocycles. The molecule has 24 heavy (non-hydrogen) atoms. The molecule has 0 spiro atoms. The van der Waals surface area contributed by atoms with Crippen molar-refractivity contribution in [3.05, 3.63) is 70.3 Å². The fraction of sp³-hybridized carbons (Fsp3) is 0.222. The number of benzene rings is 1. The number of hydrogen-bond acceptors (Lipinski definition) is 4. The van der Waals surface area contributed by atoms with Crippen LogP contribution < -0.4 is 0 Å². The molecule has 2 heterocycles. The quantitative estimate of drug-likeness (QED) is 0.727. The number of hydrogen-bond donors (Lipinski definition) is 0. The highest BCUT2D eigenvalue weighted by molar-refractivity contribution is 5.99. The zero-order valence-corrected chi connectivity index (χ0v) is 14.1. The van der Waals surface area contributed by atoms with Gasteiger partial charge in [0, 0.05) is 22.5 Å². The molecule has 3 aromatic rings. The van der Waals surface area contributed by atoms with E-state index in [1.807, 2.05) is 39.8 Å². The first-order valence-corrected chi connectivity index (χ1v) is 7.63. The highest BCUT2D eigenvalue weighted by Crippen LogP contribution is 2.12. The summed E-state index contributed by atoms with van der Waals surface area (Å²) in [6.07, 6.45) is 0. The Morgan fingerprint density at radius 2 is 1.04 bits per heavy atom. The zero-order valence-electron chi connectivity index (χ0n) is 14.1. The minimum Gasteiger partial charge on any atom is -0.267 e. The lowest BCUT2D eigenvalue weighted by atomic mass is 10.1. The first kappa shape index (κ1) is 15.9. The van der Waals surface area contributed by atoms with E-state index in [2.05, 4.69) is 10.2 Å². The van der Waals surface area contributed by atoms with Crippen molar-refractivity contribution >= 4 is 11.8 Å². The van der Waals surface area contributed by atoms with Crippen LogP contribution in [0.3, 0.4) is 0 Å². The van der Waals surface area contributed by atoms with Gasteiger partial charge in [0.05, 0.1) is 11.4 Å². The van der Waals surface area contributed by atoms with Crippen LogP contribution in [-0.4, -0.2) is 31.4 Å². The van der Waals surface area contributed by atoms with E-state index in [1.165, 1.54) is 9.36 Å². The van der Waals surface area contributed by atoms with Crippen molar-refractivity contribution in [2.75, 3.05) is 0 Å². The molecule has 0 saturated heterocycles. The molecule has 0 fully saturated rings. The van der Waals surface area contributed by atoms with Crippen molar-refractivity contribution < 1.29 is 9.59 Å². The van der Waals surface area contributed by atoms with Crippen molar-refractivity contribution in [1.29, 1.82) is 0 Å². The summed E-state index contributed by atoms with van der Waals surface area (Å²) in [5.74, 6) is -0.434. The molecule has 0 bridgehead atoms. The van der Waals surface area contributed by atoms with Gasteiger partial charge < -0.3 is 0 Å². The summed E-state index contributed by atoms with van der Waals surface area (Å²) in [6, 6.07) is 10.2. The summed E-state index contributed by atoms with van der Waals surface area (Å²) >= 11 is 0. The molecular formula is C18H18N4O2. The predicted octanol–water partition coefficient (Wildman–Crippen LogP) is 2.69. The standard InChI is InChI=1S/C18H18N4O2/c1-11-9-13(3)21(19-11)17(23)15-5-7-16(8-6-15)18(24)22-14(4)10-12(2)20-22/h5-10H,1-4H3. The van der Waals surface area contributed by atoms with Crippen LogP contribution in [0.1, 0.15) is 43.5 Å². The number of nitrogens with zero attached hydrogens (tertiary/aromatic N) is 4. The number of rotatable bonds is 2.